The van der Waals surface area contributed by atoms with Crippen molar-refractivity contribution in [2.45, 2.75) is 19.3 Å². The Morgan fingerprint density at radius 3 is 2.69 bits per heavy atom. The monoisotopic (exact) mass is 241 g/mol. The van der Waals surface area contributed by atoms with Gasteiger partial charge >= 0.3 is 0 Å². The third kappa shape index (κ3) is 2.25. The lowest BCUT2D eigenvalue weighted by atomic mass is 10.2. The molecule has 1 aromatic heterocycles. The van der Waals surface area contributed by atoms with Crippen molar-refractivity contribution >= 4 is 28.3 Å². The van der Waals surface area contributed by atoms with Crippen LogP contribution in [0.4, 0.5) is 10.8 Å². The van der Waals surface area contributed by atoms with Crippen molar-refractivity contribution in [1.29, 1.82) is 0 Å². The second-order valence-corrected chi connectivity index (χ2v) is 4.57. The van der Waals surface area contributed by atoms with Gasteiger partial charge in [-0.25, -0.2) is 5.01 Å². The zero-order valence-corrected chi connectivity index (χ0v) is 9.72. The zero-order valence-electron chi connectivity index (χ0n) is 8.90. The van der Waals surface area contributed by atoms with E-state index in [1.54, 1.807) is 0 Å². The highest BCUT2D eigenvalue weighted by molar-refractivity contribution is 7.11. The molecule has 88 valence electrons. The van der Waals surface area contributed by atoms with Crippen LogP contribution in [0.25, 0.3) is 0 Å². The number of nitrogen functional groups attached to an aromatic ring is 1. The fourth-order valence-corrected chi connectivity index (χ4v) is 2.51. The lowest BCUT2D eigenvalue weighted by Gasteiger charge is -2.27. The Bertz CT molecular complexity index is 385. The molecular weight excluding hydrogens is 226 g/mol. The smallest absolute Gasteiger partial charge is 0.255 e. The molecule has 1 fully saturated rings. The second-order valence-electron chi connectivity index (χ2n) is 3.80. The van der Waals surface area contributed by atoms with Crippen LogP contribution >= 0.6 is 11.5 Å². The number of hydrogen-bond acceptors (Lipinski definition) is 6. The molecule has 0 unspecified atom stereocenters. The van der Waals surface area contributed by atoms with E-state index in [2.05, 4.69) is 14.8 Å². The Hall–Kier alpha value is -1.34. The van der Waals surface area contributed by atoms with Gasteiger partial charge < -0.3 is 16.9 Å². The minimum atomic E-state index is -0.536. The molecule has 5 N–H and O–H groups in total. The van der Waals surface area contributed by atoms with Gasteiger partial charge in [0.05, 0.1) is 0 Å². The molecule has 1 aliphatic heterocycles. The van der Waals surface area contributed by atoms with Crippen LogP contribution in [0.1, 0.15) is 29.6 Å². The quantitative estimate of drug-likeness (QED) is 0.721. The maximum Gasteiger partial charge on any atom is 0.255 e. The van der Waals surface area contributed by atoms with Gasteiger partial charge in [0.15, 0.2) is 5.82 Å². The summed E-state index contributed by atoms with van der Waals surface area (Å²) in [6, 6.07) is 0. The highest BCUT2D eigenvalue weighted by Crippen LogP contribution is 2.27. The number of amides is 1. The first kappa shape index (κ1) is 11.2. The zero-order chi connectivity index (χ0) is 11.5. The summed E-state index contributed by atoms with van der Waals surface area (Å²) < 4.78 is 3.93. The molecule has 1 aromatic rings. The summed E-state index contributed by atoms with van der Waals surface area (Å²) in [4.78, 5) is 11.2. The Morgan fingerprint density at radius 2 is 2.06 bits per heavy atom. The van der Waals surface area contributed by atoms with Gasteiger partial charge in [-0.05, 0) is 24.4 Å². The Morgan fingerprint density at radius 1 is 1.38 bits per heavy atom. The van der Waals surface area contributed by atoms with E-state index in [1.165, 1.54) is 18.0 Å². The fourth-order valence-electron chi connectivity index (χ4n) is 1.77. The molecular formula is C9H15N5OS. The molecule has 1 amide bonds. The molecule has 2 heterocycles. The Kier molecular flexibility index (Phi) is 3.25. The highest BCUT2D eigenvalue weighted by atomic mass is 32.1. The first-order valence-electron chi connectivity index (χ1n) is 5.25. The number of rotatable bonds is 3. The SMILES string of the molecule is NC(=O)c1c(N)nsc1NN1CCCCC1. The van der Waals surface area contributed by atoms with Gasteiger partial charge in [0.2, 0.25) is 0 Å². The average molecular weight is 241 g/mol. The lowest BCUT2D eigenvalue weighted by Crippen LogP contribution is -2.35. The van der Waals surface area contributed by atoms with E-state index in [1.807, 2.05) is 0 Å². The lowest BCUT2D eigenvalue weighted by molar-refractivity contribution is 0.100. The number of primary amides is 1. The topological polar surface area (TPSA) is 97.3 Å². The van der Waals surface area contributed by atoms with Crippen molar-refractivity contribution in [1.82, 2.24) is 9.38 Å². The molecule has 1 saturated heterocycles. The van der Waals surface area contributed by atoms with E-state index in [0.717, 1.165) is 25.9 Å². The number of nitrogens with zero attached hydrogens (tertiary/aromatic N) is 2. The summed E-state index contributed by atoms with van der Waals surface area (Å²) in [5.41, 5.74) is 14.3. The number of hydrogen-bond donors (Lipinski definition) is 3. The second kappa shape index (κ2) is 4.67. The summed E-state index contributed by atoms with van der Waals surface area (Å²) in [5.74, 6) is -0.331. The predicted molar refractivity (Wildman–Crippen MR) is 64.1 cm³/mol. The van der Waals surface area contributed by atoms with Crippen LogP contribution in [0, 0.1) is 0 Å². The van der Waals surface area contributed by atoms with Gasteiger partial charge in [0.1, 0.15) is 10.6 Å². The minimum absolute atomic E-state index is 0.206. The van der Waals surface area contributed by atoms with Crippen LogP contribution in [0.5, 0.6) is 0 Å². The third-order valence-electron chi connectivity index (χ3n) is 2.58. The van der Waals surface area contributed by atoms with Crippen LogP contribution in [-0.4, -0.2) is 28.4 Å². The maximum absolute atomic E-state index is 11.2. The van der Waals surface area contributed by atoms with E-state index in [-0.39, 0.29) is 5.82 Å². The normalized spacial score (nSPS) is 17.2. The predicted octanol–water partition coefficient (Wildman–Crippen LogP) is 0.637. The molecule has 0 aliphatic carbocycles. The molecule has 6 nitrogen and oxygen atoms in total. The van der Waals surface area contributed by atoms with Crippen molar-refractivity contribution in [3.05, 3.63) is 5.56 Å². The molecule has 0 aromatic carbocycles. The number of piperidine rings is 1. The molecule has 0 bridgehead atoms. The minimum Gasteiger partial charge on any atom is -0.382 e. The summed E-state index contributed by atoms with van der Waals surface area (Å²) in [5, 5.41) is 2.72. The summed E-state index contributed by atoms with van der Waals surface area (Å²) >= 11 is 1.17. The van der Waals surface area contributed by atoms with Gasteiger partial charge in [-0.2, -0.15) is 4.37 Å². The average Bonchev–Trinajstić information content (AvgIpc) is 2.61. The standard InChI is InChI=1S/C9H15N5OS/c10-7-6(8(11)15)9(16-13-7)12-14-4-2-1-3-5-14/h12H,1-5H2,(H2,10,13)(H2,11,15). The number of anilines is 2. The Labute approximate surface area is 97.7 Å². The Balaban J connectivity index is 2.11. The number of hydrazine groups is 1. The van der Waals surface area contributed by atoms with E-state index in [0.29, 0.717) is 10.6 Å². The van der Waals surface area contributed by atoms with Crippen LogP contribution in [0.15, 0.2) is 0 Å². The van der Waals surface area contributed by atoms with Crippen molar-refractivity contribution in [3.8, 4) is 0 Å². The number of nitrogens with two attached hydrogens (primary N) is 2. The van der Waals surface area contributed by atoms with E-state index >= 15 is 0 Å². The number of carbonyl (C=O) groups excluding carboxylic acids is 1. The first-order valence-corrected chi connectivity index (χ1v) is 6.02. The molecule has 0 saturated carbocycles. The van der Waals surface area contributed by atoms with E-state index in [4.69, 9.17) is 11.5 Å². The maximum atomic E-state index is 11.2. The molecule has 0 radical (unpaired) electrons. The van der Waals surface area contributed by atoms with E-state index < -0.39 is 5.91 Å². The van der Waals surface area contributed by atoms with Gasteiger partial charge in [0.25, 0.3) is 5.91 Å². The van der Waals surface area contributed by atoms with Gasteiger partial charge in [-0.1, -0.05) is 6.42 Å². The molecule has 2 rings (SSSR count). The van der Waals surface area contributed by atoms with Crippen molar-refractivity contribution in [2.24, 2.45) is 5.73 Å². The third-order valence-corrected chi connectivity index (χ3v) is 3.35. The van der Waals surface area contributed by atoms with Gasteiger partial charge in [-0.15, -0.1) is 0 Å². The van der Waals surface area contributed by atoms with Crippen LogP contribution < -0.4 is 16.9 Å². The van der Waals surface area contributed by atoms with Crippen molar-refractivity contribution in [3.63, 3.8) is 0 Å². The number of carbonyl (C=O) groups is 1. The summed E-state index contributed by atoms with van der Waals surface area (Å²) in [6.07, 6.45) is 3.58. The highest BCUT2D eigenvalue weighted by Gasteiger charge is 2.19. The largest absolute Gasteiger partial charge is 0.382 e. The van der Waals surface area contributed by atoms with Gasteiger partial charge in [0, 0.05) is 13.1 Å². The first-order chi connectivity index (χ1) is 7.68. The molecule has 16 heavy (non-hydrogen) atoms. The molecule has 7 heteroatoms. The van der Waals surface area contributed by atoms with Crippen LogP contribution in [-0.2, 0) is 0 Å². The van der Waals surface area contributed by atoms with Gasteiger partial charge in [-0.3, -0.25) is 4.79 Å². The molecule has 0 atom stereocenters. The fraction of sp³-hybridized carbons (Fsp3) is 0.556. The number of nitrogens with one attached hydrogen (secondary N) is 1. The van der Waals surface area contributed by atoms with Crippen molar-refractivity contribution < 1.29 is 4.79 Å². The van der Waals surface area contributed by atoms with Crippen LogP contribution in [0.3, 0.4) is 0 Å². The van der Waals surface area contributed by atoms with Crippen molar-refractivity contribution in [2.75, 3.05) is 24.2 Å². The van der Waals surface area contributed by atoms with Crippen LogP contribution in [0.2, 0.25) is 0 Å². The molecule has 0 spiro atoms. The number of aromatic nitrogens is 1. The van der Waals surface area contributed by atoms with E-state index in [9.17, 15) is 4.79 Å². The summed E-state index contributed by atoms with van der Waals surface area (Å²) in [7, 11) is 0. The summed E-state index contributed by atoms with van der Waals surface area (Å²) in [6.45, 7) is 1.94. The molecule has 1 aliphatic rings.